The van der Waals surface area contributed by atoms with Crippen LogP contribution in [0.5, 0.6) is 0 Å². The molecule has 1 heterocycles. The number of nitrogens with zero attached hydrogens (tertiary/aromatic N) is 1. The summed E-state index contributed by atoms with van der Waals surface area (Å²) >= 11 is 0. The van der Waals surface area contributed by atoms with Gasteiger partial charge in [0.15, 0.2) is 0 Å². The lowest BCUT2D eigenvalue weighted by Crippen LogP contribution is -2.45. The number of rotatable bonds is 1. The highest BCUT2D eigenvalue weighted by Gasteiger charge is 2.27. The van der Waals surface area contributed by atoms with Crippen molar-refractivity contribution in [1.29, 1.82) is 0 Å². The Labute approximate surface area is 112 Å². The van der Waals surface area contributed by atoms with Gasteiger partial charge in [0, 0.05) is 12.8 Å². The van der Waals surface area contributed by atoms with Crippen molar-refractivity contribution < 1.29 is 4.48 Å². The monoisotopic (exact) mass is 246 g/mol. The van der Waals surface area contributed by atoms with E-state index in [1.54, 1.807) is 5.56 Å². The van der Waals surface area contributed by atoms with Gasteiger partial charge in [-0.05, 0) is 22.5 Å². The summed E-state index contributed by atoms with van der Waals surface area (Å²) in [6.07, 6.45) is 2.67. The number of benzene rings is 1. The van der Waals surface area contributed by atoms with E-state index in [0.29, 0.717) is 0 Å². The summed E-state index contributed by atoms with van der Waals surface area (Å²) in [6, 6.07) is 9.36. The molecular formula is C17H28N+. The summed E-state index contributed by atoms with van der Waals surface area (Å²) in [7, 11) is 4.69. The third-order valence-electron chi connectivity index (χ3n) is 4.41. The fourth-order valence-electron chi connectivity index (χ4n) is 2.86. The Kier molecular flexibility index (Phi) is 3.55. The lowest BCUT2D eigenvalue weighted by Gasteiger charge is -2.37. The van der Waals surface area contributed by atoms with Crippen molar-refractivity contribution in [2.75, 3.05) is 27.2 Å². The van der Waals surface area contributed by atoms with Crippen LogP contribution in [0.15, 0.2) is 24.3 Å². The van der Waals surface area contributed by atoms with E-state index < -0.39 is 0 Å². The minimum Gasteiger partial charge on any atom is -0.328 e. The fraction of sp³-hybridized carbons (Fsp3) is 0.647. The molecule has 2 rings (SSSR count). The molecule has 0 radical (unpaired) electrons. The molecule has 0 aromatic heterocycles. The second kappa shape index (κ2) is 4.70. The Hall–Kier alpha value is -0.820. The first-order chi connectivity index (χ1) is 8.28. The first-order valence-electron chi connectivity index (χ1n) is 7.20. The molecule has 1 nitrogen and oxygen atoms in total. The van der Waals surface area contributed by atoms with Crippen molar-refractivity contribution in [3.8, 4) is 0 Å². The zero-order chi connectivity index (χ0) is 13.4. The highest BCUT2D eigenvalue weighted by atomic mass is 15.3. The average Bonchev–Trinajstić information content (AvgIpc) is 2.28. The molecule has 1 heteroatoms. The van der Waals surface area contributed by atoms with E-state index in [-0.39, 0.29) is 5.41 Å². The van der Waals surface area contributed by atoms with Crippen LogP contribution in [0, 0.1) is 0 Å². The van der Waals surface area contributed by atoms with Gasteiger partial charge in [0.05, 0.1) is 27.2 Å². The van der Waals surface area contributed by atoms with E-state index in [0.717, 1.165) is 5.92 Å². The predicted molar refractivity (Wildman–Crippen MR) is 79.0 cm³/mol. The van der Waals surface area contributed by atoms with Crippen molar-refractivity contribution in [2.24, 2.45) is 0 Å². The van der Waals surface area contributed by atoms with Crippen LogP contribution in [0.3, 0.4) is 0 Å². The molecule has 1 saturated heterocycles. The van der Waals surface area contributed by atoms with Crippen molar-refractivity contribution in [2.45, 2.75) is 44.9 Å². The van der Waals surface area contributed by atoms with Gasteiger partial charge < -0.3 is 4.48 Å². The maximum absolute atomic E-state index is 2.36. The van der Waals surface area contributed by atoms with E-state index in [1.165, 1.54) is 36.0 Å². The summed E-state index contributed by atoms with van der Waals surface area (Å²) in [5.41, 5.74) is 3.25. The van der Waals surface area contributed by atoms with E-state index in [2.05, 4.69) is 59.1 Å². The summed E-state index contributed by atoms with van der Waals surface area (Å²) in [4.78, 5) is 0. The number of likely N-dealkylation sites (tertiary alicyclic amines) is 1. The Morgan fingerprint density at radius 3 is 1.89 bits per heavy atom. The maximum Gasteiger partial charge on any atom is 0.0788 e. The van der Waals surface area contributed by atoms with Gasteiger partial charge in [0.1, 0.15) is 0 Å². The molecule has 1 aliphatic heterocycles. The van der Waals surface area contributed by atoms with E-state index in [9.17, 15) is 0 Å². The van der Waals surface area contributed by atoms with Crippen LogP contribution in [0.25, 0.3) is 0 Å². The molecular weight excluding hydrogens is 218 g/mol. The summed E-state index contributed by atoms with van der Waals surface area (Å²) in [5, 5.41) is 0. The second-order valence-corrected chi connectivity index (χ2v) is 7.53. The second-order valence-electron chi connectivity index (χ2n) is 7.53. The number of hydrogen-bond donors (Lipinski definition) is 0. The van der Waals surface area contributed by atoms with Gasteiger partial charge in [0.2, 0.25) is 0 Å². The van der Waals surface area contributed by atoms with Crippen LogP contribution in [-0.4, -0.2) is 31.7 Å². The average molecular weight is 246 g/mol. The number of quaternary nitrogens is 1. The van der Waals surface area contributed by atoms with Crippen molar-refractivity contribution in [3.05, 3.63) is 35.4 Å². The van der Waals surface area contributed by atoms with Gasteiger partial charge >= 0.3 is 0 Å². The number of hydrogen-bond acceptors (Lipinski definition) is 0. The molecule has 0 atom stereocenters. The van der Waals surface area contributed by atoms with Crippen LogP contribution >= 0.6 is 0 Å². The Morgan fingerprint density at radius 2 is 1.44 bits per heavy atom. The molecule has 0 spiro atoms. The van der Waals surface area contributed by atoms with Gasteiger partial charge in [-0.25, -0.2) is 0 Å². The molecule has 1 aromatic rings. The van der Waals surface area contributed by atoms with Gasteiger partial charge in [-0.2, -0.15) is 0 Å². The summed E-state index contributed by atoms with van der Waals surface area (Å²) in [5.74, 6) is 0.783. The third kappa shape index (κ3) is 3.14. The Morgan fingerprint density at radius 1 is 0.944 bits per heavy atom. The van der Waals surface area contributed by atoms with E-state index in [4.69, 9.17) is 0 Å². The third-order valence-corrected chi connectivity index (χ3v) is 4.41. The molecule has 0 N–H and O–H groups in total. The molecule has 1 fully saturated rings. The van der Waals surface area contributed by atoms with Crippen LogP contribution in [-0.2, 0) is 5.41 Å². The van der Waals surface area contributed by atoms with Crippen LogP contribution < -0.4 is 0 Å². The Balaban J connectivity index is 2.07. The van der Waals surface area contributed by atoms with Crippen LogP contribution in [0.4, 0.5) is 0 Å². The van der Waals surface area contributed by atoms with Gasteiger partial charge in [-0.3, -0.25) is 0 Å². The topological polar surface area (TPSA) is 0 Å². The lowest BCUT2D eigenvalue weighted by molar-refractivity contribution is -0.895. The van der Waals surface area contributed by atoms with E-state index >= 15 is 0 Å². The SMILES string of the molecule is CC(C)(C)c1ccc(C2CC[N+](C)(C)CC2)cc1. The minimum atomic E-state index is 0.268. The predicted octanol–water partition coefficient (Wildman–Crippen LogP) is 3.94. The summed E-state index contributed by atoms with van der Waals surface area (Å²) < 4.78 is 1.19. The molecule has 0 amide bonds. The van der Waals surface area contributed by atoms with Crippen molar-refractivity contribution >= 4 is 0 Å². The van der Waals surface area contributed by atoms with E-state index in [1.807, 2.05) is 0 Å². The molecule has 0 saturated carbocycles. The smallest absolute Gasteiger partial charge is 0.0788 e. The van der Waals surface area contributed by atoms with Crippen LogP contribution in [0.2, 0.25) is 0 Å². The van der Waals surface area contributed by atoms with Gasteiger partial charge in [-0.1, -0.05) is 45.0 Å². The fourth-order valence-corrected chi connectivity index (χ4v) is 2.86. The Bertz CT molecular complexity index is 385. The standard InChI is InChI=1S/C17H28N/c1-17(2,3)16-8-6-14(7-9-16)15-10-12-18(4,5)13-11-15/h6-9,15H,10-13H2,1-5H3/q+1. The molecule has 18 heavy (non-hydrogen) atoms. The van der Waals surface area contributed by atoms with Crippen LogP contribution in [0.1, 0.15) is 50.7 Å². The van der Waals surface area contributed by atoms with Gasteiger partial charge in [0.25, 0.3) is 0 Å². The molecule has 1 aromatic carbocycles. The molecule has 0 aliphatic carbocycles. The van der Waals surface area contributed by atoms with Gasteiger partial charge in [-0.15, -0.1) is 0 Å². The minimum absolute atomic E-state index is 0.268. The molecule has 1 aliphatic rings. The molecule has 0 bridgehead atoms. The summed E-state index contributed by atoms with van der Waals surface area (Å²) in [6.45, 7) is 9.46. The largest absolute Gasteiger partial charge is 0.328 e. The normalized spacial score (nSPS) is 20.9. The van der Waals surface area contributed by atoms with Crippen molar-refractivity contribution in [1.82, 2.24) is 0 Å². The van der Waals surface area contributed by atoms with Crippen molar-refractivity contribution in [3.63, 3.8) is 0 Å². The first kappa shape index (κ1) is 13.6. The highest BCUT2D eigenvalue weighted by Crippen LogP contribution is 2.31. The zero-order valence-electron chi connectivity index (χ0n) is 12.7. The highest BCUT2D eigenvalue weighted by molar-refractivity contribution is 5.29. The molecule has 100 valence electrons. The lowest BCUT2D eigenvalue weighted by atomic mass is 9.83. The first-order valence-corrected chi connectivity index (χ1v) is 7.20. The molecule has 0 unspecified atom stereocenters. The quantitative estimate of drug-likeness (QED) is 0.658. The zero-order valence-corrected chi connectivity index (χ0v) is 12.7. The maximum atomic E-state index is 2.36. The number of piperidine rings is 1.